The number of H-pyrrole nitrogens is 1. The van der Waals surface area contributed by atoms with Gasteiger partial charge in [-0.25, -0.2) is 4.79 Å². The molecule has 1 aromatic heterocycles. The molecule has 4 nitrogen and oxygen atoms in total. The third-order valence-corrected chi connectivity index (χ3v) is 4.02. The SMILES string of the molecule is CCc1ccc(SC2CN(C(=O)OC(C)(C)C)C2)[nH]1. The number of likely N-dealkylation sites (tertiary alicyclic amines) is 1. The Hall–Kier alpha value is -1.10. The summed E-state index contributed by atoms with van der Waals surface area (Å²) in [5.74, 6) is 0. The first-order valence-electron chi connectivity index (χ1n) is 6.70. The van der Waals surface area contributed by atoms with Gasteiger partial charge in [-0.3, -0.25) is 0 Å². The minimum absolute atomic E-state index is 0.204. The maximum Gasteiger partial charge on any atom is 0.410 e. The van der Waals surface area contributed by atoms with Crippen molar-refractivity contribution in [1.82, 2.24) is 9.88 Å². The zero-order chi connectivity index (χ0) is 14.0. The molecule has 0 bridgehead atoms. The molecular weight excluding hydrogens is 260 g/mol. The number of nitrogens with one attached hydrogen (secondary N) is 1. The van der Waals surface area contributed by atoms with E-state index >= 15 is 0 Å². The second-order valence-electron chi connectivity index (χ2n) is 5.83. The second-order valence-corrected chi connectivity index (χ2v) is 7.17. The third-order valence-electron chi connectivity index (χ3n) is 2.89. The van der Waals surface area contributed by atoms with E-state index < -0.39 is 5.60 Å². The van der Waals surface area contributed by atoms with Gasteiger partial charge in [0.05, 0.1) is 5.03 Å². The molecule has 0 radical (unpaired) electrons. The fraction of sp³-hybridized carbons (Fsp3) is 0.643. The molecule has 106 valence electrons. The predicted molar refractivity (Wildman–Crippen MR) is 77.6 cm³/mol. The van der Waals surface area contributed by atoms with Gasteiger partial charge in [-0.15, -0.1) is 11.8 Å². The molecule has 1 aromatic rings. The highest BCUT2D eigenvalue weighted by atomic mass is 32.2. The highest BCUT2D eigenvalue weighted by Gasteiger charge is 2.34. The number of nitrogens with zero attached hydrogens (tertiary/aromatic N) is 1. The van der Waals surface area contributed by atoms with Crippen LogP contribution in [0.4, 0.5) is 4.79 Å². The van der Waals surface area contributed by atoms with Crippen LogP contribution in [-0.4, -0.2) is 39.9 Å². The molecule has 5 heteroatoms. The van der Waals surface area contributed by atoms with Gasteiger partial charge in [-0.2, -0.15) is 0 Å². The van der Waals surface area contributed by atoms with E-state index in [9.17, 15) is 4.79 Å². The van der Waals surface area contributed by atoms with Crippen LogP contribution in [0.3, 0.4) is 0 Å². The first-order chi connectivity index (χ1) is 8.87. The number of carbonyl (C=O) groups is 1. The van der Waals surface area contributed by atoms with Crippen LogP contribution in [0.5, 0.6) is 0 Å². The highest BCUT2D eigenvalue weighted by molar-refractivity contribution is 8.00. The first kappa shape index (κ1) is 14.3. The van der Waals surface area contributed by atoms with E-state index in [1.54, 1.807) is 16.7 Å². The standard InChI is InChI=1S/C14H22N2O2S/c1-5-10-6-7-12(15-10)19-11-8-16(9-11)13(17)18-14(2,3)4/h6-7,11,15H,5,8-9H2,1-4H3. The van der Waals surface area contributed by atoms with Crippen molar-refractivity contribution in [2.24, 2.45) is 0 Å². The van der Waals surface area contributed by atoms with E-state index in [1.807, 2.05) is 20.8 Å². The van der Waals surface area contributed by atoms with Crippen molar-refractivity contribution in [3.63, 3.8) is 0 Å². The smallest absolute Gasteiger partial charge is 0.410 e. The van der Waals surface area contributed by atoms with E-state index in [0.29, 0.717) is 5.25 Å². The molecule has 1 N–H and O–H groups in total. The Morgan fingerprint density at radius 2 is 2.16 bits per heavy atom. The Balaban J connectivity index is 1.75. The lowest BCUT2D eigenvalue weighted by Gasteiger charge is -2.39. The van der Waals surface area contributed by atoms with E-state index in [-0.39, 0.29) is 6.09 Å². The lowest BCUT2D eigenvalue weighted by atomic mass is 10.2. The summed E-state index contributed by atoms with van der Waals surface area (Å²) in [6, 6.07) is 4.23. The molecule has 1 amide bonds. The van der Waals surface area contributed by atoms with Crippen LogP contribution in [0.25, 0.3) is 0 Å². The molecular formula is C14H22N2O2S. The predicted octanol–water partition coefficient (Wildman–Crippen LogP) is 3.29. The first-order valence-corrected chi connectivity index (χ1v) is 7.58. The quantitative estimate of drug-likeness (QED) is 0.925. The average Bonchev–Trinajstić information content (AvgIpc) is 2.67. The molecule has 0 aromatic carbocycles. The van der Waals surface area contributed by atoms with Gasteiger partial charge in [0, 0.05) is 24.0 Å². The van der Waals surface area contributed by atoms with Gasteiger partial charge >= 0.3 is 6.09 Å². The molecule has 0 unspecified atom stereocenters. The summed E-state index contributed by atoms with van der Waals surface area (Å²) in [7, 11) is 0. The molecule has 1 aliphatic heterocycles. The number of rotatable bonds is 3. The number of amides is 1. The van der Waals surface area contributed by atoms with Crippen LogP contribution in [0.1, 0.15) is 33.4 Å². The van der Waals surface area contributed by atoms with Gasteiger partial charge in [-0.05, 0) is 39.3 Å². The van der Waals surface area contributed by atoms with Crippen molar-refractivity contribution in [1.29, 1.82) is 0 Å². The average molecular weight is 282 g/mol. The largest absolute Gasteiger partial charge is 0.444 e. The van der Waals surface area contributed by atoms with Crippen molar-refractivity contribution in [2.45, 2.75) is 50.0 Å². The number of carbonyl (C=O) groups excluding carboxylic acids is 1. The Morgan fingerprint density at radius 3 is 2.68 bits per heavy atom. The van der Waals surface area contributed by atoms with E-state index in [2.05, 4.69) is 24.0 Å². The molecule has 19 heavy (non-hydrogen) atoms. The Morgan fingerprint density at radius 1 is 1.47 bits per heavy atom. The van der Waals surface area contributed by atoms with Gasteiger partial charge < -0.3 is 14.6 Å². The number of aryl methyl sites for hydroxylation is 1. The number of hydrogen-bond donors (Lipinski definition) is 1. The maximum atomic E-state index is 11.8. The molecule has 2 rings (SSSR count). The normalized spacial score (nSPS) is 16.3. The van der Waals surface area contributed by atoms with Crippen molar-refractivity contribution >= 4 is 17.9 Å². The number of thioether (sulfide) groups is 1. The highest BCUT2D eigenvalue weighted by Crippen LogP contribution is 2.30. The summed E-state index contributed by atoms with van der Waals surface area (Å²) in [6.45, 7) is 9.33. The summed E-state index contributed by atoms with van der Waals surface area (Å²) in [5, 5.41) is 1.65. The summed E-state index contributed by atoms with van der Waals surface area (Å²) < 4.78 is 5.33. The number of hydrogen-bond acceptors (Lipinski definition) is 3. The molecule has 1 aliphatic rings. The van der Waals surface area contributed by atoms with Gasteiger partial charge in [0.2, 0.25) is 0 Å². The topological polar surface area (TPSA) is 45.3 Å². The van der Waals surface area contributed by atoms with Crippen molar-refractivity contribution in [3.05, 3.63) is 17.8 Å². The second kappa shape index (κ2) is 5.49. The summed E-state index contributed by atoms with van der Waals surface area (Å²) in [6.07, 6.45) is 0.819. The van der Waals surface area contributed by atoms with E-state index in [1.165, 1.54) is 10.7 Å². The van der Waals surface area contributed by atoms with E-state index in [0.717, 1.165) is 19.5 Å². The minimum atomic E-state index is -0.412. The van der Waals surface area contributed by atoms with Crippen LogP contribution in [0, 0.1) is 0 Å². The van der Waals surface area contributed by atoms with Crippen molar-refractivity contribution in [3.8, 4) is 0 Å². The molecule has 1 fully saturated rings. The Kier molecular flexibility index (Phi) is 4.13. The van der Waals surface area contributed by atoms with Gasteiger partial charge in [0.1, 0.15) is 5.60 Å². The van der Waals surface area contributed by atoms with Crippen LogP contribution in [0.2, 0.25) is 0 Å². The molecule has 0 spiro atoms. The number of aromatic amines is 1. The van der Waals surface area contributed by atoms with Gasteiger partial charge in [-0.1, -0.05) is 6.92 Å². The summed E-state index contributed by atoms with van der Waals surface area (Å²) in [4.78, 5) is 16.9. The molecule has 0 atom stereocenters. The third kappa shape index (κ3) is 3.93. The number of aromatic nitrogens is 1. The van der Waals surface area contributed by atoms with Crippen LogP contribution < -0.4 is 0 Å². The summed E-state index contributed by atoms with van der Waals surface area (Å²) in [5.41, 5.74) is 0.843. The molecule has 0 aliphatic carbocycles. The maximum absolute atomic E-state index is 11.8. The van der Waals surface area contributed by atoms with Crippen molar-refractivity contribution in [2.75, 3.05) is 13.1 Å². The van der Waals surface area contributed by atoms with Gasteiger partial charge in [0.25, 0.3) is 0 Å². The Bertz CT molecular complexity index is 445. The van der Waals surface area contributed by atoms with E-state index in [4.69, 9.17) is 4.74 Å². The van der Waals surface area contributed by atoms with Crippen LogP contribution in [0.15, 0.2) is 17.2 Å². The van der Waals surface area contributed by atoms with Crippen molar-refractivity contribution < 1.29 is 9.53 Å². The van der Waals surface area contributed by atoms with Gasteiger partial charge in [0.15, 0.2) is 0 Å². The monoisotopic (exact) mass is 282 g/mol. The summed E-state index contributed by atoms with van der Waals surface area (Å²) >= 11 is 1.80. The molecule has 1 saturated heterocycles. The minimum Gasteiger partial charge on any atom is -0.444 e. The lowest BCUT2D eigenvalue weighted by molar-refractivity contribution is 0.0144. The van der Waals surface area contributed by atoms with Crippen LogP contribution >= 0.6 is 11.8 Å². The molecule has 2 heterocycles. The van der Waals surface area contributed by atoms with Crippen LogP contribution in [-0.2, 0) is 11.2 Å². The fourth-order valence-electron chi connectivity index (χ4n) is 1.86. The lowest BCUT2D eigenvalue weighted by Crippen LogP contribution is -2.53. The zero-order valence-corrected chi connectivity index (χ0v) is 12.8. The molecule has 0 saturated carbocycles. The number of ether oxygens (including phenoxy) is 1. The fourth-order valence-corrected chi connectivity index (χ4v) is 3.07. The zero-order valence-electron chi connectivity index (χ0n) is 12.0. The Labute approximate surface area is 118 Å².